The maximum absolute atomic E-state index is 12.3. The predicted molar refractivity (Wildman–Crippen MR) is 105 cm³/mol. The molecule has 0 unspecified atom stereocenters. The zero-order chi connectivity index (χ0) is 19.5. The number of fused-ring (bicyclic) bond motifs is 1. The molecule has 0 aliphatic rings. The Labute approximate surface area is 160 Å². The van der Waals surface area contributed by atoms with Gasteiger partial charge in [0.05, 0.1) is 30.3 Å². The number of nitrogens with one attached hydrogen (secondary N) is 2. The summed E-state index contributed by atoms with van der Waals surface area (Å²) in [5.74, 6) is 0.757. The van der Waals surface area contributed by atoms with E-state index in [4.69, 9.17) is 5.73 Å². The molecule has 0 atom stereocenters. The van der Waals surface area contributed by atoms with Crippen molar-refractivity contribution in [2.24, 2.45) is 0 Å². The highest BCUT2D eigenvalue weighted by molar-refractivity contribution is 5.81. The first-order valence-electron chi connectivity index (χ1n) is 8.87. The van der Waals surface area contributed by atoms with Crippen molar-refractivity contribution in [1.82, 2.24) is 34.8 Å². The van der Waals surface area contributed by atoms with Crippen LogP contribution >= 0.6 is 0 Å². The third-order valence-corrected chi connectivity index (χ3v) is 4.32. The van der Waals surface area contributed by atoms with Gasteiger partial charge >= 0.3 is 5.69 Å². The van der Waals surface area contributed by atoms with Crippen LogP contribution in [0.1, 0.15) is 22.8 Å². The molecular weight excluding hydrogens is 356 g/mol. The number of hydrogen-bond acceptors (Lipinski definition) is 7. The zero-order valence-corrected chi connectivity index (χ0v) is 15.4. The molecule has 0 radical (unpaired) electrons. The lowest BCUT2D eigenvalue weighted by molar-refractivity contribution is 0.671. The topological polar surface area (TPSA) is 127 Å². The zero-order valence-electron chi connectivity index (χ0n) is 15.4. The minimum atomic E-state index is -0.308. The van der Waals surface area contributed by atoms with E-state index in [-0.39, 0.29) is 18.1 Å². The third kappa shape index (κ3) is 3.74. The summed E-state index contributed by atoms with van der Waals surface area (Å²) in [7, 11) is 0. The van der Waals surface area contributed by atoms with E-state index in [0.29, 0.717) is 29.2 Å². The van der Waals surface area contributed by atoms with Gasteiger partial charge in [-0.3, -0.25) is 14.5 Å². The summed E-state index contributed by atoms with van der Waals surface area (Å²) >= 11 is 0. The Morgan fingerprint density at radius 3 is 2.57 bits per heavy atom. The van der Waals surface area contributed by atoms with Crippen LogP contribution in [0, 0.1) is 6.92 Å². The Kier molecular flexibility index (Phi) is 4.81. The number of H-pyrrole nitrogens is 1. The van der Waals surface area contributed by atoms with Crippen molar-refractivity contribution in [2.45, 2.75) is 26.6 Å². The quantitative estimate of drug-likeness (QED) is 0.460. The highest BCUT2D eigenvalue weighted by Crippen LogP contribution is 2.14. The fraction of sp³-hybridized carbons (Fsp3) is 0.211. The number of anilines is 1. The van der Waals surface area contributed by atoms with Crippen LogP contribution in [0.25, 0.3) is 11.2 Å². The standard InChI is InChI=1S/C19H20N8O/c1-12-24-17(20)16-18(25-12)27(19(28)26-16)11-15-10-22-14(9-23-15)8-21-7-13-5-3-2-4-6-13/h2-6,9-10,21H,7-8,11H2,1H3,(H,26,28)(H2,20,24,25). The van der Waals surface area contributed by atoms with Gasteiger partial charge in [0.25, 0.3) is 0 Å². The van der Waals surface area contributed by atoms with Gasteiger partial charge in [-0.2, -0.15) is 0 Å². The normalized spacial score (nSPS) is 11.2. The van der Waals surface area contributed by atoms with Gasteiger partial charge in [-0.15, -0.1) is 0 Å². The first-order chi connectivity index (χ1) is 13.6. The molecule has 0 bridgehead atoms. The first-order valence-corrected chi connectivity index (χ1v) is 8.87. The van der Waals surface area contributed by atoms with Crippen LogP contribution in [0.5, 0.6) is 0 Å². The number of aromatic nitrogens is 6. The SMILES string of the molecule is Cc1nc(N)c2[nH]c(=O)n(Cc3cnc(CNCc4ccccc4)cn3)c2n1. The Hall–Kier alpha value is -3.59. The molecule has 0 saturated heterocycles. The molecule has 3 heterocycles. The second-order valence-corrected chi connectivity index (χ2v) is 6.46. The van der Waals surface area contributed by atoms with Gasteiger partial charge in [-0.1, -0.05) is 30.3 Å². The van der Waals surface area contributed by atoms with Crippen molar-refractivity contribution in [2.75, 3.05) is 5.73 Å². The summed E-state index contributed by atoms with van der Waals surface area (Å²) in [6, 6.07) is 10.2. The van der Waals surface area contributed by atoms with Crippen molar-refractivity contribution < 1.29 is 0 Å². The van der Waals surface area contributed by atoms with Crippen molar-refractivity contribution in [1.29, 1.82) is 0 Å². The highest BCUT2D eigenvalue weighted by Gasteiger charge is 2.13. The molecule has 4 aromatic rings. The number of aryl methyl sites for hydroxylation is 1. The van der Waals surface area contributed by atoms with Gasteiger partial charge in [0, 0.05) is 13.1 Å². The van der Waals surface area contributed by atoms with Crippen LogP contribution in [0.15, 0.2) is 47.5 Å². The lowest BCUT2D eigenvalue weighted by Crippen LogP contribution is -2.19. The fourth-order valence-electron chi connectivity index (χ4n) is 2.96. The molecule has 0 fully saturated rings. The van der Waals surface area contributed by atoms with E-state index in [1.54, 1.807) is 19.3 Å². The monoisotopic (exact) mass is 376 g/mol. The molecule has 0 aliphatic heterocycles. The summed E-state index contributed by atoms with van der Waals surface area (Å²) in [6.45, 7) is 3.35. The Bertz CT molecular complexity index is 1150. The van der Waals surface area contributed by atoms with Crippen LogP contribution in [0.2, 0.25) is 0 Å². The van der Waals surface area contributed by atoms with Gasteiger partial charge in [-0.25, -0.2) is 14.8 Å². The fourth-order valence-corrected chi connectivity index (χ4v) is 2.96. The lowest BCUT2D eigenvalue weighted by Gasteiger charge is -2.06. The highest BCUT2D eigenvalue weighted by atomic mass is 16.1. The predicted octanol–water partition coefficient (Wildman–Crippen LogP) is 1.14. The molecule has 142 valence electrons. The van der Waals surface area contributed by atoms with E-state index >= 15 is 0 Å². The van der Waals surface area contributed by atoms with Crippen molar-refractivity contribution in [3.8, 4) is 0 Å². The molecule has 3 aromatic heterocycles. The van der Waals surface area contributed by atoms with E-state index in [0.717, 1.165) is 12.2 Å². The molecule has 0 aliphatic carbocycles. The maximum Gasteiger partial charge on any atom is 0.328 e. The first kappa shape index (κ1) is 17.8. The molecule has 4 N–H and O–H groups in total. The third-order valence-electron chi connectivity index (χ3n) is 4.32. The average Bonchev–Trinajstić information content (AvgIpc) is 3.00. The summed E-state index contributed by atoms with van der Waals surface area (Å²) in [6.07, 6.45) is 3.38. The number of nitrogens with two attached hydrogens (primary N) is 1. The van der Waals surface area contributed by atoms with Gasteiger partial charge < -0.3 is 16.0 Å². The van der Waals surface area contributed by atoms with Crippen LogP contribution < -0.4 is 16.7 Å². The summed E-state index contributed by atoms with van der Waals surface area (Å²) in [5.41, 5.74) is 9.16. The number of hydrogen-bond donors (Lipinski definition) is 3. The van der Waals surface area contributed by atoms with Gasteiger partial charge in [0.1, 0.15) is 11.3 Å². The Morgan fingerprint density at radius 2 is 1.82 bits per heavy atom. The number of nitrogen functional groups attached to an aromatic ring is 1. The van der Waals surface area contributed by atoms with Crippen LogP contribution in [0.3, 0.4) is 0 Å². The largest absolute Gasteiger partial charge is 0.382 e. The molecule has 0 spiro atoms. The summed E-state index contributed by atoms with van der Waals surface area (Å²) < 4.78 is 1.48. The van der Waals surface area contributed by atoms with Gasteiger partial charge in [-0.05, 0) is 12.5 Å². The molecule has 4 rings (SSSR count). The maximum atomic E-state index is 12.3. The second kappa shape index (κ2) is 7.57. The number of rotatable bonds is 6. The molecule has 9 nitrogen and oxygen atoms in total. The molecule has 0 amide bonds. The van der Waals surface area contributed by atoms with E-state index in [1.807, 2.05) is 18.2 Å². The van der Waals surface area contributed by atoms with Crippen LogP contribution in [0.4, 0.5) is 5.82 Å². The molecule has 9 heteroatoms. The van der Waals surface area contributed by atoms with E-state index < -0.39 is 0 Å². The molecule has 1 aromatic carbocycles. The van der Waals surface area contributed by atoms with Crippen molar-refractivity contribution in [3.05, 3.63) is 76.0 Å². The van der Waals surface area contributed by atoms with Crippen molar-refractivity contribution >= 4 is 17.0 Å². The minimum absolute atomic E-state index is 0.249. The number of aromatic amines is 1. The van der Waals surface area contributed by atoms with E-state index in [2.05, 4.69) is 42.4 Å². The summed E-state index contributed by atoms with van der Waals surface area (Å²) in [5, 5.41) is 3.34. The second-order valence-electron chi connectivity index (χ2n) is 6.46. The van der Waals surface area contributed by atoms with Crippen LogP contribution in [-0.4, -0.2) is 29.5 Å². The molecule has 28 heavy (non-hydrogen) atoms. The van der Waals surface area contributed by atoms with Crippen LogP contribution in [-0.2, 0) is 19.6 Å². The lowest BCUT2D eigenvalue weighted by atomic mass is 10.2. The average molecular weight is 376 g/mol. The summed E-state index contributed by atoms with van der Waals surface area (Å²) in [4.78, 5) is 32.2. The number of benzene rings is 1. The Morgan fingerprint density at radius 1 is 1.07 bits per heavy atom. The van der Waals surface area contributed by atoms with E-state index in [1.165, 1.54) is 10.1 Å². The molecular formula is C19H20N8O. The van der Waals surface area contributed by atoms with E-state index in [9.17, 15) is 4.79 Å². The van der Waals surface area contributed by atoms with Crippen molar-refractivity contribution in [3.63, 3.8) is 0 Å². The molecule has 0 saturated carbocycles. The number of nitrogens with zero attached hydrogens (tertiary/aromatic N) is 5. The minimum Gasteiger partial charge on any atom is -0.382 e. The van der Waals surface area contributed by atoms with Gasteiger partial charge in [0.2, 0.25) is 0 Å². The number of imidazole rings is 1. The Balaban J connectivity index is 1.46. The smallest absolute Gasteiger partial charge is 0.328 e. The van der Waals surface area contributed by atoms with Gasteiger partial charge in [0.15, 0.2) is 11.5 Å².